The Morgan fingerprint density at radius 2 is 2.13 bits per heavy atom. The van der Waals surface area contributed by atoms with Crippen LogP contribution < -0.4 is 11.5 Å². The van der Waals surface area contributed by atoms with Gasteiger partial charge in [-0.05, 0) is 25.1 Å². The van der Waals surface area contributed by atoms with Crippen LogP contribution in [-0.2, 0) is 15.6 Å². The first-order chi connectivity index (χ1) is 6.93. The average Bonchev–Trinajstić information content (AvgIpc) is 2.15. The van der Waals surface area contributed by atoms with Crippen molar-refractivity contribution in [2.75, 3.05) is 5.73 Å². The highest BCUT2D eigenvalue weighted by Crippen LogP contribution is 2.22. The quantitative estimate of drug-likeness (QED) is 0.777. The summed E-state index contributed by atoms with van der Waals surface area (Å²) >= 11 is 5.69. The van der Waals surface area contributed by atoms with Gasteiger partial charge in [0.1, 0.15) is 5.25 Å². The van der Waals surface area contributed by atoms with E-state index in [0.717, 1.165) is 0 Å². The van der Waals surface area contributed by atoms with Crippen LogP contribution in [0.25, 0.3) is 0 Å². The van der Waals surface area contributed by atoms with Crippen molar-refractivity contribution in [1.29, 1.82) is 0 Å². The zero-order valence-corrected chi connectivity index (χ0v) is 9.64. The summed E-state index contributed by atoms with van der Waals surface area (Å²) in [7, 11) is -1.54. The van der Waals surface area contributed by atoms with Crippen LogP contribution in [0.3, 0.4) is 0 Å². The topological polar surface area (TPSA) is 86.2 Å². The summed E-state index contributed by atoms with van der Waals surface area (Å²) in [6.07, 6.45) is 0. The van der Waals surface area contributed by atoms with Gasteiger partial charge < -0.3 is 11.5 Å². The van der Waals surface area contributed by atoms with E-state index in [9.17, 15) is 9.00 Å². The third-order valence-corrected chi connectivity index (χ3v) is 3.83. The van der Waals surface area contributed by atoms with Gasteiger partial charge in [-0.25, -0.2) is 0 Å². The number of carbonyl (C=O) groups is 1. The van der Waals surface area contributed by atoms with Crippen LogP contribution in [0.1, 0.15) is 6.92 Å². The first-order valence-corrected chi connectivity index (χ1v) is 5.77. The second-order valence-electron chi connectivity index (χ2n) is 3.02. The van der Waals surface area contributed by atoms with E-state index in [2.05, 4.69) is 0 Å². The maximum atomic E-state index is 11.8. The van der Waals surface area contributed by atoms with Gasteiger partial charge in [0, 0.05) is 10.7 Å². The molecule has 1 aromatic rings. The molecule has 0 saturated carbocycles. The van der Waals surface area contributed by atoms with Crippen LogP contribution in [0.15, 0.2) is 23.1 Å². The molecule has 6 heteroatoms. The lowest BCUT2D eigenvalue weighted by Crippen LogP contribution is -2.29. The van der Waals surface area contributed by atoms with Crippen LogP contribution >= 0.6 is 11.6 Å². The van der Waals surface area contributed by atoms with Gasteiger partial charge in [0.05, 0.1) is 15.7 Å². The number of halogens is 1. The van der Waals surface area contributed by atoms with Gasteiger partial charge in [-0.2, -0.15) is 0 Å². The monoisotopic (exact) mass is 246 g/mol. The Bertz CT molecular complexity index is 423. The molecule has 1 rings (SSSR count). The predicted molar refractivity (Wildman–Crippen MR) is 60.9 cm³/mol. The number of nitrogens with two attached hydrogens (primary N) is 2. The number of primary amides is 1. The molecule has 4 N–H and O–H groups in total. The first kappa shape index (κ1) is 12.0. The molecule has 0 bridgehead atoms. The molecule has 82 valence electrons. The van der Waals surface area contributed by atoms with Crippen molar-refractivity contribution in [3.8, 4) is 0 Å². The van der Waals surface area contributed by atoms with Crippen LogP contribution in [0.5, 0.6) is 0 Å². The number of hydrogen-bond acceptors (Lipinski definition) is 3. The van der Waals surface area contributed by atoms with Gasteiger partial charge in [0.15, 0.2) is 0 Å². The van der Waals surface area contributed by atoms with Crippen molar-refractivity contribution < 1.29 is 9.00 Å². The summed E-state index contributed by atoms with van der Waals surface area (Å²) < 4.78 is 11.8. The van der Waals surface area contributed by atoms with E-state index >= 15 is 0 Å². The predicted octanol–water partition coefficient (Wildman–Crippen LogP) is 0.904. The standard InChI is InChI=1S/C9H11ClN2O2S/c1-5(9(12)13)15(14)8-3-2-6(10)4-7(8)11/h2-5H,11H2,1H3,(H2,12,13). The van der Waals surface area contributed by atoms with E-state index in [1.807, 2.05) is 0 Å². The summed E-state index contributed by atoms with van der Waals surface area (Å²) in [4.78, 5) is 11.2. The van der Waals surface area contributed by atoms with Crippen molar-refractivity contribution in [3.05, 3.63) is 23.2 Å². The zero-order chi connectivity index (χ0) is 11.6. The van der Waals surface area contributed by atoms with Crippen molar-refractivity contribution in [1.82, 2.24) is 0 Å². The van der Waals surface area contributed by atoms with Crippen molar-refractivity contribution >= 4 is 34.0 Å². The Labute approximate surface area is 95.0 Å². The Hall–Kier alpha value is -1.07. The zero-order valence-electron chi connectivity index (χ0n) is 8.07. The van der Waals surface area contributed by atoms with E-state index in [0.29, 0.717) is 15.6 Å². The number of benzene rings is 1. The minimum atomic E-state index is -1.54. The van der Waals surface area contributed by atoms with Crippen LogP contribution in [0.4, 0.5) is 5.69 Å². The fourth-order valence-corrected chi connectivity index (χ4v) is 2.26. The molecule has 0 spiro atoms. The highest BCUT2D eigenvalue weighted by atomic mass is 35.5. The molecule has 15 heavy (non-hydrogen) atoms. The molecule has 0 aliphatic carbocycles. The van der Waals surface area contributed by atoms with Crippen molar-refractivity contribution in [3.63, 3.8) is 0 Å². The molecule has 2 atom stereocenters. The summed E-state index contributed by atoms with van der Waals surface area (Å²) in [5, 5.41) is -0.312. The molecule has 1 amide bonds. The number of amides is 1. The second-order valence-corrected chi connectivity index (χ2v) is 5.20. The lowest BCUT2D eigenvalue weighted by Gasteiger charge is -2.09. The SMILES string of the molecule is CC(C(N)=O)S(=O)c1ccc(Cl)cc1N. The minimum Gasteiger partial charge on any atom is -0.398 e. The minimum absolute atomic E-state index is 0.300. The van der Waals surface area contributed by atoms with Gasteiger partial charge in [0.25, 0.3) is 0 Å². The fourth-order valence-electron chi connectivity index (χ4n) is 0.998. The van der Waals surface area contributed by atoms with Crippen LogP contribution in [0, 0.1) is 0 Å². The third kappa shape index (κ3) is 2.70. The number of hydrogen-bond donors (Lipinski definition) is 2. The molecule has 0 fully saturated rings. The smallest absolute Gasteiger partial charge is 0.233 e. The Morgan fingerprint density at radius 3 is 2.60 bits per heavy atom. The second kappa shape index (κ2) is 4.63. The highest BCUT2D eigenvalue weighted by Gasteiger charge is 2.20. The van der Waals surface area contributed by atoms with Gasteiger partial charge in [0.2, 0.25) is 5.91 Å². The Kier molecular flexibility index (Phi) is 3.71. The van der Waals surface area contributed by atoms with Gasteiger partial charge in [-0.15, -0.1) is 0 Å². The normalized spacial score (nSPS) is 14.5. The number of carbonyl (C=O) groups excluding carboxylic acids is 1. The number of nitrogen functional groups attached to an aromatic ring is 1. The number of rotatable bonds is 3. The maximum absolute atomic E-state index is 11.8. The first-order valence-electron chi connectivity index (χ1n) is 4.18. The lowest BCUT2D eigenvalue weighted by molar-refractivity contribution is -0.117. The van der Waals surface area contributed by atoms with E-state index < -0.39 is 22.0 Å². The molecule has 4 nitrogen and oxygen atoms in total. The molecule has 0 heterocycles. The van der Waals surface area contributed by atoms with Crippen LogP contribution in [0.2, 0.25) is 5.02 Å². The largest absolute Gasteiger partial charge is 0.398 e. The van der Waals surface area contributed by atoms with Crippen molar-refractivity contribution in [2.24, 2.45) is 5.73 Å². The van der Waals surface area contributed by atoms with Gasteiger partial charge in [-0.1, -0.05) is 11.6 Å². The molecule has 0 radical (unpaired) electrons. The molecule has 1 aromatic carbocycles. The Balaban J connectivity index is 3.07. The van der Waals surface area contributed by atoms with E-state index in [1.54, 1.807) is 6.07 Å². The van der Waals surface area contributed by atoms with Gasteiger partial charge in [-0.3, -0.25) is 9.00 Å². The molecule has 0 aliphatic rings. The summed E-state index contributed by atoms with van der Waals surface area (Å²) in [5.41, 5.74) is 11.0. The summed E-state index contributed by atoms with van der Waals surface area (Å²) in [5.74, 6) is -0.623. The Morgan fingerprint density at radius 1 is 1.53 bits per heavy atom. The summed E-state index contributed by atoms with van der Waals surface area (Å²) in [6.45, 7) is 1.49. The molecule has 0 aromatic heterocycles. The third-order valence-electron chi connectivity index (χ3n) is 1.91. The molecule has 0 saturated heterocycles. The maximum Gasteiger partial charge on any atom is 0.233 e. The van der Waals surface area contributed by atoms with E-state index in [-0.39, 0.29) is 0 Å². The lowest BCUT2D eigenvalue weighted by atomic mass is 10.3. The van der Waals surface area contributed by atoms with Crippen LogP contribution in [-0.4, -0.2) is 15.4 Å². The van der Waals surface area contributed by atoms with E-state index in [1.165, 1.54) is 19.1 Å². The summed E-state index contributed by atoms with van der Waals surface area (Å²) in [6, 6.07) is 4.59. The molecular formula is C9H11ClN2O2S. The average molecular weight is 247 g/mol. The highest BCUT2D eigenvalue weighted by molar-refractivity contribution is 7.86. The van der Waals surface area contributed by atoms with Gasteiger partial charge >= 0.3 is 0 Å². The number of anilines is 1. The van der Waals surface area contributed by atoms with E-state index in [4.69, 9.17) is 23.1 Å². The van der Waals surface area contributed by atoms with Crippen molar-refractivity contribution in [2.45, 2.75) is 17.1 Å². The fraction of sp³-hybridized carbons (Fsp3) is 0.222. The molecule has 2 unspecified atom stereocenters. The molecular weight excluding hydrogens is 236 g/mol. The molecule has 0 aliphatic heterocycles.